The van der Waals surface area contributed by atoms with Gasteiger partial charge in [-0.1, -0.05) is 27.7 Å². The van der Waals surface area contributed by atoms with Crippen LogP contribution in [0.1, 0.15) is 54.9 Å². The molecule has 0 aromatic heterocycles. The van der Waals surface area contributed by atoms with Crippen LogP contribution < -0.4 is 5.32 Å². The van der Waals surface area contributed by atoms with Crippen molar-refractivity contribution in [1.29, 1.82) is 0 Å². The maximum absolute atomic E-state index is 11.9. The Balaban J connectivity index is 4.50. The molecule has 0 heterocycles. The van der Waals surface area contributed by atoms with Gasteiger partial charge in [0.1, 0.15) is 0 Å². The number of carbonyl (C=O) groups excluding carboxylic acids is 1. The smallest absolute Gasteiger partial charge is 0.224 e. The lowest BCUT2D eigenvalue weighted by atomic mass is 9.78. The van der Waals surface area contributed by atoms with E-state index in [9.17, 15) is 4.79 Å². The van der Waals surface area contributed by atoms with E-state index >= 15 is 0 Å². The van der Waals surface area contributed by atoms with Crippen LogP contribution in [0, 0.1) is 11.3 Å². The van der Waals surface area contributed by atoms with E-state index in [0.717, 1.165) is 6.42 Å². The lowest BCUT2D eigenvalue weighted by molar-refractivity contribution is -0.129. The van der Waals surface area contributed by atoms with E-state index < -0.39 is 0 Å². The first-order chi connectivity index (χ1) is 6.08. The Labute approximate surface area is 88.5 Å². The highest BCUT2D eigenvalue weighted by Crippen LogP contribution is 2.29. The molecule has 0 bridgehead atoms. The van der Waals surface area contributed by atoms with Crippen molar-refractivity contribution in [2.45, 2.75) is 60.4 Å². The number of carbonyl (C=O) groups is 1. The van der Waals surface area contributed by atoms with Crippen LogP contribution >= 0.6 is 0 Å². The first kappa shape index (κ1) is 13.5. The fraction of sp³-hybridized carbons (Fsp3) is 0.917. The van der Waals surface area contributed by atoms with Crippen molar-refractivity contribution < 1.29 is 4.79 Å². The third-order valence-electron chi connectivity index (χ3n) is 2.27. The molecule has 0 aliphatic rings. The van der Waals surface area contributed by atoms with Crippen molar-refractivity contribution in [1.82, 2.24) is 5.32 Å². The number of rotatable bonds is 2. The summed E-state index contributed by atoms with van der Waals surface area (Å²) in [5.74, 6) is 0.272. The first-order valence-corrected chi connectivity index (χ1v) is 5.40. The summed E-state index contributed by atoms with van der Waals surface area (Å²) in [7, 11) is 0. The van der Waals surface area contributed by atoms with Crippen LogP contribution in [0.15, 0.2) is 0 Å². The fourth-order valence-corrected chi connectivity index (χ4v) is 1.65. The standard InChI is InChI=1S/C12H25NO/c1-8-9(11(2,3)4)10(14)13-12(5,6)7/h9H,8H2,1-7H3,(H,13,14)/t9-/m1/s1. The quantitative estimate of drug-likeness (QED) is 0.728. The van der Waals surface area contributed by atoms with Crippen molar-refractivity contribution in [3.8, 4) is 0 Å². The van der Waals surface area contributed by atoms with E-state index in [0.29, 0.717) is 0 Å². The average Bonchev–Trinajstić information content (AvgIpc) is 1.79. The molecule has 84 valence electrons. The molecule has 2 nitrogen and oxygen atoms in total. The molecule has 0 aromatic rings. The zero-order valence-electron chi connectivity index (χ0n) is 10.7. The minimum atomic E-state index is -0.129. The SMILES string of the molecule is CC[C@H](C(=O)NC(C)(C)C)C(C)(C)C. The van der Waals surface area contributed by atoms with Gasteiger partial charge >= 0.3 is 0 Å². The molecule has 14 heavy (non-hydrogen) atoms. The molecule has 0 radical (unpaired) electrons. The molecule has 0 saturated carbocycles. The molecular formula is C12H25NO. The minimum Gasteiger partial charge on any atom is -0.351 e. The highest BCUT2D eigenvalue weighted by Gasteiger charge is 2.31. The van der Waals surface area contributed by atoms with E-state index in [1.165, 1.54) is 0 Å². The average molecular weight is 199 g/mol. The van der Waals surface area contributed by atoms with Gasteiger partial charge in [0, 0.05) is 11.5 Å². The van der Waals surface area contributed by atoms with Crippen LogP contribution in [0.4, 0.5) is 0 Å². The molecule has 2 heteroatoms. The van der Waals surface area contributed by atoms with Crippen molar-refractivity contribution in [2.75, 3.05) is 0 Å². The largest absolute Gasteiger partial charge is 0.351 e. The van der Waals surface area contributed by atoms with Gasteiger partial charge < -0.3 is 5.32 Å². The molecule has 0 fully saturated rings. The van der Waals surface area contributed by atoms with Crippen LogP contribution in [-0.2, 0) is 4.79 Å². The Bertz CT molecular complexity index is 195. The van der Waals surface area contributed by atoms with Crippen LogP contribution in [0.2, 0.25) is 0 Å². The summed E-state index contributed by atoms with van der Waals surface area (Å²) in [6.45, 7) is 14.5. The summed E-state index contributed by atoms with van der Waals surface area (Å²) in [5.41, 5.74) is -0.0835. The van der Waals surface area contributed by atoms with Gasteiger partial charge in [0.2, 0.25) is 5.91 Å². The number of nitrogens with one attached hydrogen (secondary N) is 1. The van der Waals surface area contributed by atoms with E-state index in [1.54, 1.807) is 0 Å². The number of hydrogen-bond acceptors (Lipinski definition) is 1. The Hall–Kier alpha value is -0.530. The maximum Gasteiger partial charge on any atom is 0.224 e. The molecule has 0 saturated heterocycles. The Morgan fingerprint density at radius 2 is 1.57 bits per heavy atom. The molecule has 1 atom stereocenters. The minimum absolute atomic E-state index is 0.0457. The van der Waals surface area contributed by atoms with Gasteiger partial charge in [-0.05, 0) is 32.6 Å². The monoisotopic (exact) mass is 199 g/mol. The molecule has 0 spiro atoms. The highest BCUT2D eigenvalue weighted by atomic mass is 16.2. The molecule has 1 N–H and O–H groups in total. The van der Waals surface area contributed by atoms with Crippen LogP contribution in [-0.4, -0.2) is 11.4 Å². The third-order valence-corrected chi connectivity index (χ3v) is 2.27. The van der Waals surface area contributed by atoms with Crippen LogP contribution in [0.5, 0.6) is 0 Å². The second kappa shape index (κ2) is 4.33. The van der Waals surface area contributed by atoms with Crippen molar-refractivity contribution in [3.63, 3.8) is 0 Å². The van der Waals surface area contributed by atoms with Crippen molar-refractivity contribution in [2.24, 2.45) is 11.3 Å². The molecule has 0 rings (SSSR count). The van der Waals surface area contributed by atoms with Gasteiger partial charge in [-0.2, -0.15) is 0 Å². The van der Waals surface area contributed by atoms with Crippen molar-refractivity contribution >= 4 is 5.91 Å². The second-order valence-electron chi connectivity index (χ2n) is 6.07. The second-order valence-corrected chi connectivity index (χ2v) is 6.07. The summed E-state index contributed by atoms with van der Waals surface area (Å²) >= 11 is 0. The topological polar surface area (TPSA) is 29.1 Å². The van der Waals surface area contributed by atoms with Crippen molar-refractivity contribution in [3.05, 3.63) is 0 Å². The number of amides is 1. The zero-order chi connectivity index (χ0) is 11.6. The molecule has 1 amide bonds. The lowest BCUT2D eigenvalue weighted by Crippen LogP contribution is -2.46. The lowest BCUT2D eigenvalue weighted by Gasteiger charge is -2.32. The summed E-state index contributed by atoms with van der Waals surface area (Å²) < 4.78 is 0. The highest BCUT2D eigenvalue weighted by molar-refractivity contribution is 5.80. The van der Waals surface area contributed by atoms with Crippen LogP contribution in [0.25, 0.3) is 0 Å². The predicted molar refractivity (Wildman–Crippen MR) is 61.1 cm³/mol. The van der Waals surface area contributed by atoms with E-state index in [4.69, 9.17) is 0 Å². The predicted octanol–water partition coefficient (Wildman–Crippen LogP) is 2.97. The summed E-state index contributed by atoms with van der Waals surface area (Å²) in [6.07, 6.45) is 0.894. The summed E-state index contributed by atoms with van der Waals surface area (Å²) in [5, 5.41) is 3.04. The fourth-order valence-electron chi connectivity index (χ4n) is 1.65. The Morgan fingerprint density at radius 3 is 1.79 bits per heavy atom. The van der Waals surface area contributed by atoms with Gasteiger partial charge in [0.25, 0.3) is 0 Å². The van der Waals surface area contributed by atoms with Gasteiger partial charge in [-0.25, -0.2) is 0 Å². The maximum atomic E-state index is 11.9. The van der Waals surface area contributed by atoms with E-state index in [1.807, 2.05) is 20.8 Å². The Kier molecular flexibility index (Phi) is 4.16. The molecule has 0 unspecified atom stereocenters. The number of hydrogen-bond donors (Lipinski definition) is 1. The molecule has 0 aromatic carbocycles. The Morgan fingerprint density at radius 1 is 1.14 bits per heavy atom. The van der Waals surface area contributed by atoms with Gasteiger partial charge in [0.05, 0.1) is 0 Å². The normalized spacial score (nSPS) is 15.1. The molecule has 0 aliphatic carbocycles. The summed E-state index contributed by atoms with van der Waals surface area (Å²) in [6, 6.07) is 0. The van der Waals surface area contributed by atoms with Gasteiger partial charge in [0.15, 0.2) is 0 Å². The summed E-state index contributed by atoms with van der Waals surface area (Å²) in [4.78, 5) is 11.9. The first-order valence-electron chi connectivity index (χ1n) is 5.40. The van der Waals surface area contributed by atoms with E-state index in [-0.39, 0.29) is 22.8 Å². The third kappa shape index (κ3) is 4.64. The van der Waals surface area contributed by atoms with Gasteiger partial charge in [-0.15, -0.1) is 0 Å². The van der Waals surface area contributed by atoms with Crippen LogP contribution in [0.3, 0.4) is 0 Å². The molecule has 0 aliphatic heterocycles. The molecular weight excluding hydrogens is 174 g/mol. The van der Waals surface area contributed by atoms with Gasteiger partial charge in [-0.3, -0.25) is 4.79 Å². The van der Waals surface area contributed by atoms with E-state index in [2.05, 4.69) is 33.0 Å². The zero-order valence-corrected chi connectivity index (χ0v) is 10.7.